The Balaban J connectivity index is 1.36. The Morgan fingerprint density at radius 1 is 0.970 bits per heavy atom. The number of aromatic nitrogens is 4. The SMILES string of the molecule is Cc1cccc(NC(=O)N2CCN(c3nc(N)nc4ccc(-c5ccncc5)nc34)CC2)c1. The third kappa shape index (κ3) is 4.38. The lowest BCUT2D eigenvalue weighted by atomic mass is 10.1. The first kappa shape index (κ1) is 20.6. The van der Waals surface area contributed by atoms with Crippen LogP contribution in [-0.2, 0) is 0 Å². The van der Waals surface area contributed by atoms with Gasteiger partial charge in [-0.3, -0.25) is 4.98 Å². The summed E-state index contributed by atoms with van der Waals surface area (Å²) in [5, 5.41) is 2.98. The van der Waals surface area contributed by atoms with E-state index in [0.717, 1.165) is 22.5 Å². The lowest BCUT2D eigenvalue weighted by Gasteiger charge is -2.35. The van der Waals surface area contributed by atoms with Gasteiger partial charge >= 0.3 is 6.03 Å². The number of carbonyl (C=O) groups excluding carboxylic acids is 1. The minimum Gasteiger partial charge on any atom is -0.368 e. The summed E-state index contributed by atoms with van der Waals surface area (Å²) in [6.45, 7) is 4.36. The average molecular weight is 441 g/mol. The molecule has 1 aromatic carbocycles. The molecule has 0 atom stereocenters. The monoisotopic (exact) mass is 440 g/mol. The fourth-order valence-electron chi connectivity index (χ4n) is 3.97. The third-order valence-electron chi connectivity index (χ3n) is 5.65. The molecule has 1 saturated heterocycles. The van der Waals surface area contributed by atoms with Crippen molar-refractivity contribution in [2.45, 2.75) is 6.92 Å². The Labute approximate surface area is 191 Å². The van der Waals surface area contributed by atoms with Gasteiger partial charge in [0.15, 0.2) is 5.82 Å². The average Bonchev–Trinajstić information content (AvgIpc) is 2.84. The van der Waals surface area contributed by atoms with Crippen molar-refractivity contribution in [2.24, 2.45) is 0 Å². The molecule has 9 nitrogen and oxygen atoms in total. The number of pyridine rings is 2. The molecule has 3 N–H and O–H groups in total. The summed E-state index contributed by atoms with van der Waals surface area (Å²) >= 11 is 0. The molecular formula is C24H24N8O. The Morgan fingerprint density at radius 2 is 1.76 bits per heavy atom. The summed E-state index contributed by atoms with van der Waals surface area (Å²) in [5.74, 6) is 0.891. The van der Waals surface area contributed by atoms with Gasteiger partial charge in [-0.05, 0) is 48.9 Å². The lowest BCUT2D eigenvalue weighted by Crippen LogP contribution is -2.50. The standard InChI is InChI=1S/C24H24N8O/c1-16-3-2-4-18(15-16)27-24(33)32-13-11-31(12-14-32)22-21-20(29-23(25)30-22)6-5-19(28-21)17-7-9-26-10-8-17/h2-10,15H,11-14H2,1H3,(H,27,33)(H2,25,29,30). The van der Waals surface area contributed by atoms with E-state index >= 15 is 0 Å². The number of hydrogen-bond acceptors (Lipinski definition) is 7. The van der Waals surface area contributed by atoms with Crippen LogP contribution in [0.3, 0.4) is 0 Å². The molecule has 0 radical (unpaired) electrons. The van der Waals surface area contributed by atoms with Crippen molar-refractivity contribution in [3.05, 3.63) is 66.5 Å². The third-order valence-corrected chi connectivity index (χ3v) is 5.65. The predicted octanol–water partition coefficient (Wildman–Crippen LogP) is 3.33. The van der Waals surface area contributed by atoms with Gasteiger partial charge in [-0.25, -0.2) is 14.8 Å². The fourth-order valence-corrected chi connectivity index (χ4v) is 3.97. The second-order valence-electron chi connectivity index (χ2n) is 7.98. The fraction of sp³-hybridized carbons (Fsp3) is 0.208. The molecule has 5 rings (SSSR count). The molecule has 0 bridgehead atoms. The first-order valence-electron chi connectivity index (χ1n) is 10.8. The van der Waals surface area contributed by atoms with Crippen molar-refractivity contribution in [3.63, 3.8) is 0 Å². The quantitative estimate of drug-likeness (QED) is 0.502. The molecule has 2 amide bonds. The summed E-state index contributed by atoms with van der Waals surface area (Å²) in [4.78, 5) is 34.4. The van der Waals surface area contributed by atoms with Crippen LogP contribution in [0.2, 0.25) is 0 Å². The molecule has 1 fully saturated rings. The smallest absolute Gasteiger partial charge is 0.321 e. The number of carbonyl (C=O) groups is 1. The minimum absolute atomic E-state index is 0.106. The number of urea groups is 1. The number of anilines is 3. The van der Waals surface area contributed by atoms with Crippen LogP contribution in [0.15, 0.2) is 60.9 Å². The largest absolute Gasteiger partial charge is 0.368 e. The number of amides is 2. The van der Waals surface area contributed by atoms with E-state index in [0.29, 0.717) is 43.0 Å². The molecule has 0 unspecified atom stereocenters. The molecule has 0 saturated carbocycles. The summed E-state index contributed by atoms with van der Waals surface area (Å²) in [7, 11) is 0. The number of nitrogen functional groups attached to an aromatic ring is 1. The number of hydrogen-bond donors (Lipinski definition) is 2. The van der Waals surface area contributed by atoms with Gasteiger partial charge in [-0.1, -0.05) is 12.1 Å². The summed E-state index contributed by atoms with van der Waals surface area (Å²) in [5.41, 5.74) is 11.1. The zero-order chi connectivity index (χ0) is 22.8. The highest BCUT2D eigenvalue weighted by molar-refractivity contribution is 5.90. The molecule has 4 aromatic rings. The second-order valence-corrected chi connectivity index (χ2v) is 7.98. The molecule has 3 aromatic heterocycles. The van der Waals surface area contributed by atoms with Crippen LogP contribution in [0.25, 0.3) is 22.3 Å². The first-order valence-corrected chi connectivity index (χ1v) is 10.8. The van der Waals surface area contributed by atoms with E-state index in [1.54, 1.807) is 17.3 Å². The number of nitrogens with one attached hydrogen (secondary N) is 1. The molecule has 4 heterocycles. The Kier molecular flexibility index (Phi) is 5.43. The Morgan fingerprint density at radius 3 is 2.52 bits per heavy atom. The first-order chi connectivity index (χ1) is 16.1. The van der Waals surface area contributed by atoms with E-state index in [4.69, 9.17) is 10.7 Å². The molecule has 166 valence electrons. The van der Waals surface area contributed by atoms with Gasteiger partial charge in [0.25, 0.3) is 0 Å². The topological polar surface area (TPSA) is 113 Å². The van der Waals surface area contributed by atoms with Crippen LogP contribution in [0.4, 0.5) is 22.2 Å². The minimum atomic E-state index is -0.106. The zero-order valence-electron chi connectivity index (χ0n) is 18.3. The van der Waals surface area contributed by atoms with Crippen molar-refractivity contribution in [3.8, 4) is 11.3 Å². The molecule has 1 aliphatic rings. The Bertz CT molecular complexity index is 1300. The molecule has 0 aliphatic carbocycles. The highest BCUT2D eigenvalue weighted by Crippen LogP contribution is 2.27. The van der Waals surface area contributed by atoms with Crippen molar-refractivity contribution >= 4 is 34.5 Å². The van der Waals surface area contributed by atoms with Gasteiger partial charge < -0.3 is 20.9 Å². The zero-order valence-corrected chi connectivity index (χ0v) is 18.3. The van der Waals surface area contributed by atoms with Gasteiger partial charge in [-0.2, -0.15) is 4.98 Å². The van der Waals surface area contributed by atoms with Crippen molar-refractivity contribution < 1.29 is 4.79 Å². The van der Waals surface area contributed by atoms with Gasteiger partial charge in [0.2, 0.25) is 5.95 Å². The maximum atomic E-state index is 12.7. The summed E-state index contributed by atoms with van der Waals surface area (Å²) in [6, 6.07) is 15.3. The van der Waals surface area contributed by atoms with Crippen molar-refractivity contribution in [1.29, 1.82) is 0 Å². The number of piperazine rings is 1. The normalized spacial score (nSPS) is 13.8. The van der Waals surface area contributed by atoms with Crippen LogP contribution in [0.1, 0.15) is 5.56 Å². The maximum Gasteiger partial charge on any atom is 0.321 e. The van der Waals surface area contributed by atoms with E-state index in [1.807, 2.05) is 55.5 Å². The molecule has 1 aliphatic heterocycles. The van der Waals surface area contributed by atoms with Crippen LogP contribution in [0.5, 0.6) is 0 Å². The molecule has 33 heavy (non-hydrogen) atoms. The molecule has 9 heteroatoms. The lowest BCUT2D eigenvalue weighted by molar-refractivity contribution is 0.208. The number of fused-ring (bicyclic) bond motifs is 1. The van der Waals surface area contributed by atoms with Crippen LogP contribution < -0.4 is 16.0 Å². The Hall–Kier alpha value is -4.27. The molecule has 0 spiro atoms. The van der Waals surface area contributed by atoms with Gasteiger partial charge in [0.05, 0.1) is 11.2 Å². The maximum absolute atomic E-state index is 12.7. The number of nitrogens with two attached hydrogens (primary N) is 1. The van der Waals surface area contributed by atoms with Gasteiger partial charge in [-0.15, -0.1) is 0 Å². The highest BCUT2D eigenvalue weighted by Gasteiger charge is 2.24. The molecular weight excluding hydrogens is 416 g/mol. The van der Waals surface area contributed by atoms with E-state index in [9.17, 15) is 4.79 Å². The van der Waals surface area contributed by atoms with E-state index < -0.39 is 0 Å². The van der Waals surface area contributed by atoms with Crippen LogP contribution >= 0.6 is 0 Å². The number of nitrogens with zero attached hydrogens (tertiary/aromatic N) is 6. The van der Waals surface area contributed by atoms with E-state index in [2.05, 4.69) is 25.2 Å². The van der Waals surface area contributed by atoms with Crippen LogP contribution in [-0.4, -0.2) is 57.0 Å². The van der Waals surface area contributed by atoms with Crippen molar-refractivity contribution in [2.75, 3.05) is 42.1 Å². The number of aryl methyl sites for hydroxylation is 1. The van der Waals surface area contributed by atoms with Gasteiger partial charge in [0.1, 0.15) is 5.52 Å². The summed E-state index contributed by atoms with van der Waals surface area (Å²) in [6.07, 6.45) is 3.48. The highest BCUT2D eigenvalue weighted by atomic mass is 16.2. The number of benzene rings is 1. The van der Waals surface area contributed by atoms with E-state index in [1.165, 1.54) is 0 Å². The number of rotatable bonds is 3. The van der Waals surface area contributed by atoms with Gasteiger partial charge in [0, 0.05) is 49.8 Å². The second kappa shape index (κ2) is 8.70. The van der Waals surface area contributed by atoms with E-state index in [-0.39, 0.29) is 12.0 Å². The predicted molar refractivity (Wildman–Crippen MR) is 129 cm³/mol. The summed E-state index contributed by atoms with van der Waals surface area (Å²) < 4.78 is 0. The van der Waals surface area contributed by atoms with Crippen molar-refractivity contribution in [1.82, 2.24) is 24.8 Å². The van der Waals surface area contributed by atoms with Crippen LogP contribution in [0, 0.1) is 6.92 Å².